The second kappa shape index (κ2) is 10.2. The molecular formula is C28H26N2O6. The fourth-order valence-corrected chi connectivity index (χ4v) is 4.79. The van der Waals surface area contributed by atoms with Crippen LogP contribution in [-0.4, -0.2) is 59.8 Å². The Labute approximate surface area is 208 Å². The van der Waals surface area contributed by atoms with E-state index < -0.39 is 30.1 Å². The average molecular weight is 487 g/mol. The molecule has 2 aliphatic rings. The summed E-state index contributed by atoms with van der Waals surface area (Å²) in [6.07, 6.45) is -1.97. The molecule has 1 saturated heterocycles. The topological polar surface area (TPSA) is 105 Å². The number of β-amino-alcohol motifs (C(OH)–C–C–N with tert-alkyl or cyclic N) is 1. The third kappa shape index (κ3) is 4.81. The lowest BCUT2D eigenvalue weighted by atomic mass is 9.98. The van der Waals surface area contributed by atoms with Gasteiger partial charge in [-0.05, 0) is 27.8 Å². The van der Waals surface area contributed by atoms with E-state index in [1.807, 2.05) is 78.9 Å². The van der Waals surface area contributed by atoms with Crippen LogP contribution in [0.2, 0.25) is 0 Å². The Morgan fingerprint density at radius 3 is 2.17 bits per heavy atom. The molecule has 0 aromatic heterocycles. The number of carbonyl (C=O) groups is 3. The van der Waals surface area contributed by atoms with Crippen LogP contribution in [0.5, 0.6) is 0 Å². The van der Waals surface area contributed by atoms with Crippen molar-refractivity contribution in [1.29, 1.82) is 0 Å². The van der Waals surface area contributed by atoms with Gasteiger partial charge in [-0.15, -0.1) is 0 Å². The standard InChI is InChI=1S/C28H26N2O6/c31-24-14-30(15-25(32)35-16-18-8-2-1-3-9-18)27(33)26(24)29-28(34)36-17-23-21-12-6-4-10-19(21)20-11-5-7-13-22(20)23/h1-13,23-24,26,31H,14-17H2,(H,29,34)/t24-,26+/m1/s1. The molecule has 36 heavy (non-hydrogen) atoms. The molecule has 2 amide bonds. The lowest BCUT2D eigenvalue weighted by molar-refractivity contribution is -0.149. The molecule has 1 aliphatic heterocycles. The second-order valence-corrected chi connectivity index (χ2v) is 8.88. The third-order valence-corrected chi connectivity index (χ3v) is 6.55. The van der Waals surface area contributed by atoms with Crippen LogP contribution in [0.1, 0.15) is 22.6 Å². The fourth-order valence-electron chi connectivity index (χ4n) is 4.79. The number of amides is 2. The Morgan fingerprint density at radius 2 is 1.50 bits per heavy atom. The highest BCUT2D eigenvalue weighted by Gasteiger charge is 2.42. The van der Waals surface area contributed by atoms with E-state index in [0.717, 1.165) is 27.8 Å². The number of hydrogen-bond donors (Lipinski definition) is 2. The Hall–Kier alpha value is -4.17. The number of nitrogens with zero attached hydrogens (tertiary/aromatic N) is 1. The molecule has 1 heterocycles. The van der Waals surface area contributed by atoms with Crippen LogP contribution in [0.3, 0.4) is 0 Å². The molecule has 0 spiro atoms. The first-order chi connectivity index (χ1) is 17.5. The van der Waals surface area contributed by atoms with Gasteiger partial charge in [0.05, 0.1) is 0 Å². The number of carbonyl (C=O) groups excluding carboxylic acids is 3. The van der Waals surface area contributed by atoms with E-state index in [1.165, 1.54) is 4.90 Å². The van der Waals surface area contributed by atoms with Crippen molar-refractivity contribution in [3.05, 3.63) is 95.6 Å². The van der Waals surface area contributed by atoms with E-state index in [0.29, 0.717) is 0 Å². The van der Waals surface area contributed by atoms with Gasteiger partial charge in [0.15, 0.2) is 0 Å². The Balaban J connectivity index is 1.15. The summed E-state index contributed by atoms with van der Waals surface area (Å²) in [4.78, 5) is 38.7. The largest absolute Gasteiger partial charge is 0.459 e. The highest BCUT2D eigenvalue weighted by molar-refractivity contribution is 5.91. The summed E-state index contributed by atoms with van der Waals surface area (Å²) in [6.45, 7) is -0.225. The summed E-state index contributed by atoms with van der Waals surface area (Å²) >= 11 is 0. The summed E-state index contributed by atoms with van der Waals surface area (Å²) in [5.74, 6) is -1.28. The van der Waals surface area contributed by atoms with Crippen molar-refractivity contribution in [3.8, 4) is 11.1 Å². The molecule has 8 heteroatoms. The zero-order chi connectivity index (χ0) is 25.1. The van der Waals surface area contributed by atoms with Gasteiger partial charge < -0.3 is 24.8 Å². The highest BCUT2D eigenvalue weighted by atomic mass is 16.5. The van der Waals surface area contributed by atoms with Gasteiger partial charge in [-0.2, -0.15) is 0 Å². The zero-order valence-electron chi connectivity index (χ0n) is 19.5. The quantitative estimate of drug-likeness (QED) is 0.498. The molecule has 1 aliphatic carbocycles. The minimum atomic E-state index is -1.19. The van der Waals surface area contributed by atoms with E-state index >= 15 is 0 Å². The number of aliphatic hydroxyl groups is 1. The molecule has 2 atom stereocenters. The first kappa shape index (κ1) is 23.6. The number of fused-ring (bicyclic) bond motifs is 3. The number of esters is 1. The SMILES string of the molecule is O=C(CN1C[C@@H](O)[C@H](NC(=O)OCC2c3ccccc3-c3ccccc32)C1=O)OCc1ccccc1. The second-order valence-electron chi connectivity index (χ2n) is 8.88. The van der Waals surface area contributed by atoms with E-state index in [4.69, 9.17) is 9.47 Å². The van der Waals surface area contributed by atoms with E-state index in [9.17, 15) is 19.5 Å². The van der Waals surface area contributed by atoms with Crippen molar-refractivity contribution < 1.29 is 29.0 Å². The number of aliphatic hydroxyl groups excluding tert-OH is 1. The first-order valence-electron chi connectivity index (χ1n) is 11.8. The number of ether oxygens (including phenoxy) is 2. The Morgan fingerprint density at radius 1 is 0.889 bits per heavy atom. The van der Waals surface area contributed by atoms with Crippen LogP contribution in [0.15, 0.2) is 78.9 Å². The van der Waals surface area contributed by atoms with Crippen LogP contribution in [-0.2, 0) is 25.7 Å². The number of hydrogen-bond acceptors (Lipinski definition) is 6. The maximum atomic E-state index is 12.7. The monoisotopic (exact) mass is 486 g/mol. The molecule has 0 unspecified atom stereocenters. The van der Waals surface area contributed by atoms with Crippen molar-refractivity contribution >= 4 is 18.0 Å². The molecule has 8 nitrogen and oxygen atoms in total. The van der Waals surface area contributed by atoms with Crippen molar-refractivity contribution in [1.82, 2.24) is 10.2 Å². The van der Waals surface area contributed by atoms with Crippen molar-refractivity contribution in [3.63, 3.8) is 0 Å². The molecule has 0 bridgehead atoms. The van der Waals surface area contributed by atoms with Gasteiger partial charge in [0.25, 0.3) is 0 Å². The van der Waals surface area contributed by atoms with E-state index in [2.05, 4.69) is 5.32 Å². The molecule has 5 rings (SSSR count). The van der Waals surface area contributed by atoms with Crippen molar-refractivity contribution in [2.45, 2.75) is 24.7 Å². The number of nitrogens with one attached hydrogen (secondary N) is 1. The van der Waals surface area contributed by atoms with Gasteiger partial charge in [0.2, 0.25) is 5.91 Å². The maximum Gasteiger partial charge on any atom is 0.407 e. The van der Waals surface area contributed by atoms with Gasteiger partial charge in [0.1, 0.15) is 31.9 Å². The zero-order valence-corrected chi connectivity index (χ0v) is 19.5. The predicted molar refractivity (Wildman–Crippen MR) is 131 cm³/mol. The Kier molecular flexibility index (Phi) is 6.69. The lowest BCUT2D eigenvalue weighted by Gasteiger charge is -2.18. The normalized spacial score (nSPS) is 18.5. The average Bonchev–Trinajstić information content (AvgIpc) is 3.35. The summed E-state index contributed by atoms with van der Waals surface area (Å²) in [6, 6.07) is 24.0. The van der Waals surface area contributed by atoms with Crippen LogP contribution >= 0.6 is 0 Å². The maximum absolute atomic E-state index is 12.7. The highest BCUT2D eigenvalue weighted by Crippen LogP contribution is 2.44. The number of benzene rings is 3. The molecule has 0 radical (unpaired) electrons. The fraction of sp³-hybridized carbons (Fsp3) is 0.250. The van der Waals surface area contributed by atoms with Gasteiger partial charge in [0, 0.05) is 12.5 Å². The van der Waals surface area contributed by atoms with Gasteiger partial charge in [-0.25, -0.2) is 4.79 Å². The molecule has 184 valence electrons. The van der Waals surface area contributed by atoms with Crippen molar-refractivity contribution in [2.24, 2.45) is 0 Å². The van der Waals surface area contributed by atoms with Gasteiger partial charge in [-0.1, -0.05) is 78.9 Å². The number of alkyl carbamates (subject to hydrolysis) is 1. The first-order valence-corrected chi connectivity index (χ1v) is 11.8. The van der Waals surface area contributed by atoms with Crippen LogP contribution in [0, 0.1) is 0 Å². The molecular weight excluding hydrogens is 460 g/mol. The molecule has 0 saturated carbocycles. The molecule has 3 aromatic rings. The minimum absolute atomic E-state index is 0.0890. The molecule has 2 N–H and O–H groups in total. The number of rotatable bonds is 7. The summed E-state index contributed by atoms with van der Waals surface area (Å²) in [5.41, 5.74) is 5.19. The molecule has 1 fully saturated rings. The summed E-state index contributed by atoms with van der Waals surface area (Å²) in [5, 5.41) is 12.8. The molecule has 3 aromatic carbocycles. The van der Waals surface area contributed by atoms with Crippen LogP contribution in [0.4, 0.5) is 4.79 Å². The smallest absolute Gasteiger partial charge is 0.407 e. The predicted octanol–water partition coefficient (Wildman–Crippen LogP) is 2.84. The lowest BCUT2D eigenvalue weighted by Crippen LogP contribution is -2.46. The number of likely N-dealkylation sites (tertiary alicyclic amines) is 1. The minimum Gasteiger partial charge on any atom is -0.459 e. The van der Waals surface area contributed by atoms with Crippen LogP contribution in [0.25, 0.3) is 11.1 Å². The van der Waals surface area contributed by atoms with Crippen LogP contribution < -0.4 is 5.32 Å². The van der Waals surface area contributed by atoms with Crippen molar-refractivity contribution in [2.75, 3.05) is 19.7 Å². The van der Waals surface area contributed by atoms with E-state index in [1.54, 1.807) is 0 Å². The van der Waals surface area contributed by atoms with Gasteiger partial charge in [-0.3, -0.25) is 9.59 Å². The third-order valence-electron chi connectivity index (χ3n) is 6.55. The van der Waals surface area contributed by atoms with E-state index in [-0.39, 0.29) is 32.2 Å². The Bertz CT molecular complexity index is 1230. The van der Waals surface area contributed by atoms with Gasteiger partial charge >= 0.3 is 12.1 Å². The summed E-state index contributed by atoms with van der Waals surface area (Å²) < 4.78 is 10.7. The summed E-state index contributed by atoms with van der Waals surface area (Å²) in [7, 11) is 0.